The molecule has 0 aromatic heterocycles. The van der Waals surface area contributed by atoms with Gasteiger partial charge in [0.25, 0.3) is 5.91 Å². The van der Waals surface area contributed by atoms with Gasteiger partial charge in [-0.15, -0.1) is 0 Å². The highest BCUT2D eigenvalue weighted by Crippen LogP contribution is 2.28. The van der Waals surface area contributed by atoms with Crippen LogP contribution < -0.4 is 14.8 Å². The van der Waals surface area contributed by atoms with Gasteiger partial charge in [-0.2, -0.15) is 0 Å². The summed E-state index contributed by atoms with van der Waals surface area (Å²) < 4.78 is 10.5. The van der Waals surface area contributed by atoms with Crippen molar-refractivity contribution in [2.45, 2.75) is 13.0 Å². The number of rotatable bonds is 8. The maximum atomic E-state index is 12.7. The number of hydrogen-bond donors (Lipinski definition) is 2. The van der Waals surface area contributed by atoms with Gasteiger partial charge in [-0.25, -0.2) is 0 Å². The Morgan fingerprint density at radius 2 is 1.72 bits per heavy atom. The molecule has 3 aromatic carbocycles. The van der Waals surface area contributed by atoms with Crippen LogP contribution in [0.2, 0.25) is 0 Å². The van der Waals surface area contributed by atoms with Crippen molar-refractivity contribution >= 4 is 5.91 Å². The van der Waals surface area contributed by atoms with Gasteiger partial charge in [-0.05, 0) is 52.9 Å². The van der Waals surface area contributed by atoms with E-state index in [-0.39, 0.29) is 12.5 Å². The number of methoxy groups -OCH3 is 2. The van der Waals surface area contributed by atoms with Crippen LogP contribution in [0.15, 0.2) is 66.7 Å². The van der Waals surface area contributed by atoms with E-state index in [4.69, 9.17) is 9.47 Å². The van der Waals surface area contributed by atoms with E-state index in [1.807, 2.05) is 60.7 Å². The molecule has 0 radical (unpaired) electrons. The van der Waals surface area contributed by atoms with Crippen molar-refractivity contribution in [3.63, 3.8) is 0 Å². The lowest BCUT2D eigenvalue weighted by Crippen LogP contribution is -2.22. The first-order chi connectivity index (χ1) is 14.2. The van der Waals surface area contributed by atoms with E-state index >= 15 is 0 Å². The van der Waals surface area contributed by atoms with Crippen molar-refractivity contribution < 1.29 is 19.4 Å². The quantitative estimate of drug-likeness (QED) is 0.612. The number of amides is 1. The summed E-state index contributed by atoms with van der Waals surface area (Å²) >= 11 is 0. The summed E-state index contributed by atoms with van der Waals surface area (Å²) in [5.74, 6) is 1.12. The third-order valence-corrected chi connectivity index (χ3v) is 4.74. The molecule has 0 heterocycles. The molecule has 29 heavy (non-hydrogen) atoms. The molecule has 2 N–H and O–H groups in total. The number of carbonyl (C=O) groups is 1. The second kappa shape index (κ2) is 9.75. The third kappa shape index (κ3) is 4.95. The summed E-state index contributed by atoms with van der Waals surface area (Å²) in [5, 5.41) is 12.2. The van der Waals surface area contributed by atoms with E-state index in [0.717, 1.165) is 22.3 Å². The molecule has 0 spiro atoms. The van der Waals surface area contributed by atoms with Crippen LogP contribution in [-0.2, 0) is 13.0 Å². The number of aliphatic hydroxyl groups excluding tert-OH is 1. The molecule has 0 atom stereocenters. The molecule has 0 fully saturated rings. The fourth-order valence-corrected chi connectivity index (χ4v) is 3.24. The summed E-state index contributed by atoms with van der Waals surface area (Å²) in [6, 6.07) is 21.0. The molecule has 150 valence electrons. The third-order valence-electron chi connectivity index (χ3n) is 4.74. The van der Waals surface area contributed by atoms with E-state index in [9.17, 15) is 9.90 Å². The van der Waals surface area contributed by atoms with Gasteiger partial charge in [0.05, 0.1) is 14.2 Å². The maximum Gasteiger partial charge on any atom is 0.251 e. The fourth-order valence-electron chi connectivity index (χ4n) is 3.24. The molecule has 5 nitrogen and oxygen atoms in total. The predicted octanol–water partition coefficient (Wildman–Crippen LogP) is 3.84. The number of benzene rings is 3. The monoisotopic (exact) mass is 391 g/mol. The van der Waals surface area contributed by atoms with Gasteiger partial charge in [0.1, 0.15) is 0 Å². The molecule has 3 aromatic rings. The lowest BCUT2D eigenvalue weighted by molar-refractivity contribution is 0.0951. The Hall–Kier alpha value is -3.31. The smallest absolute Gasteiger partial charge is 0.251 e. The van der Waals surface area contributed by atoms with Crippen molar-refractivity contribution in [2.24, 2.45) is 0 Å². The topological polar surface area (TPSA) is 67.8 Å². The van der Waals surface area contributed by atoms with Crippen molar-refractivity contribution in [1.29, 1.82) is 0 Å². The number of carbonyl (C=O) groups excluding carboxylic acids is 1. The van der Waals surface area contributed by atoms with E-state index < -0.39 is 0 Å². The Bertz CT molecular complexity index is 984. The summed E-state index contributed by atoms with van der Waals surface area (Å²) in [4.78, 5) is 12.7. The van der Waals surface area contributed by atoms with Crippen molar-refractivity contribution in [2.75, 3.05) is 20.8 Å². The molecule has 5 heteroatoms. The molecule has 0 aliphatic rings. The molecule has 0 bridgehead atoms. The zero-order chi connectivity index (χ0) is 20.6. The van der Waals surface area contributed by atoms with E-state index in [2.05, 4.69) is 5.32 Å². The fraction of sp³-hybridized carbons (Fsp3) is 0.208. The normalized spacial score (nSPS) is 10.4. The number of hydrogen-bond acceptors (Lipinski definition) is 4. The predicted molar refractivity (Wildman–Crippen MR) is 113 cm³/mol. The van der Waals surface area contributed by atoms with Gasteiger partial charge < -0.3 is 19.9 Å². The number of aliphatic hydroxyl groups is 1. The summed E-state index contributed by atoms with van der Waals surface area (Å²) in [6.45, 7) is 0.465. The Labute approximate surface area is 170 Å². The van der Waals surface area contributed by atoms with Gasteiger partial charge in [0.2, 0.25) is 0 Å². The Morgan fingerprint density at radius 3 is 2.48 bits per heavy atom. The zero-order valence-corrected chi connectivity index (χ0v) is 16.6. The highest BCUT2D eigenvalue weighted by molar-refractivity contribution is 5.95. The lowest BCUT2D eigenvalue weighted by atomic mass is 9.96. The van der Waals surface area contributed by atoms with E-state index in [1.165, 1.54) is 0 Å². The first kappa shape index (κ1) is 20.4. The van der Waals surface area contributed by atoms with Crippen molar-refractivity contribution in [3.05, 3.63) is 83.4 Å². The van der Waals surface area contributed by atoms with Crippen LogP contribution in [0, 0.1) is 0 Å². The highest BCUT2D eigenvalue weighted by atomic mass is 16.5. The van der Waals surface area contributed by atoms with Gasteiger partial charge in [0.15, 0.2) is 11.5 Å². The van der Waals surface area contributed by atoms with Crippen LogP contribution in [0.25, 0.3) is 11.1 Å². The van der Waals surface area contributed by atoms with Crippen LogP contribution in [-0.4, -0.2) is 31.8 Å². The van der Waals surface area contributed by atoms with Crippen LogP contribution in [0.1, 0.15) is 21.5 Å². The number of ether oxygens (including phenoxy) is 2. The first-order valence-electron chi connectivity index (χ1n) is 9.44. The van der Waals surface area contributed by atoms with Gasteiger partial charge in [-0.1, -0.05) is 42.5 Å². The average molecular weight is 391 g/mol. The van der Waals surface area contributed by atoms with Crippen LogP contribution in [0.5, 0.6) is 11.5 Å². The Morgan fingerprint density at radius 1 is 0.931 bits per heavy atom. The standard InChI is InChI=1S/C24H25NO4/c1-28-22-11-10-17(14-23(22)29-2)16-25-24(27)20-8-5-7-19(15-20)21-9-4-3-6-18(21)12-13-26/h3-11,14-15,26H,12-13,16H2,1-2H3,(H,25,27). The van der Waals surface area contributed by atoms with Crippen LogP contribution >= 0.6 is 0 Å². The second-order valence-corrected chi connectivity index (χ2v) is 6.58. The van der Waals surface area contributed by atoms with Gasteiger partial charge >= 0.3 is 0 Å². The van der Waals surface area contributed by atoms with E-state index in [1.54, 1.807) is 20.3 Å². The zero-order valence-electron chi connectivity index (χ0n) is 16.6. The minimum absolute atomic E-state index is 0.0858. The first-order valence-corrected chi connectivity index (χ1v) is 9.44. The lowest BCUT2D eigenvalue weighted by Gasteiger charge is -2.12. The van der Waals surface area contributed by atoms with E-state index in [0.29, 0.717) is 30.0 Å². The van der Waals surface area contributed by atoms with Crippen LogP contribution in [0.4, 0.5) is 0 Å². The maximum absolute atomic E-state index is 12.7. The largest absolute Gasteiger partial charge is 0.493 e. The average Bonchev–Trinajstić information content (AvgIpc) is 2.78. The molecule has 0 aliphatic heterocycles. The van der Waals surface area contributed by atoms with Crippen molar-refractivity contribution in [3.8, 4) is 22.6 Å². The molecule has 0 saturated heterocycles. The summed E-state index contributed by atoms with van der Waals surface area (Å²) in [7, 11) is 3.17. The Kier molecular flexibility index (Phi) is 6.87. The minimum atomic E-state index is -0.152. The van der Waals surface area contributed by atoms with Gasteiger partial charge in [0, 0.05) is 18.7 Å². The molecule has 3 rings (SSSR count). The molecule has 0 saturated carbocycles. The molecular weight excluding hydrogens is 366 g/mol. The van der Waals surface area contributed by atoms with Crippen molar-refractivity contribution in [1.82, 2.24) is 5.32 Å². The second-order valence-electron chi connectivity index (χ2n) is 6.58. The number of nitrogens with one attached hydrogen (secondary N) is 1. The molecule has 0 aliphatic carbocycles. The van der Waals surface area contributed by atoms with Crippen LogP contribution in [0.3, 0.4) is 0 Å². The summed E-state index contributed by atoms with van der Waals surface area (Å²) in [5.41, 5.74) is 4.53. The minimum Gasteiger partial charge on any atom is -0.493 e. The Balaban J connectivity index is 1.75. The summed E-state index contributed by atoms with van der Waals surface area (Å²) in [6.07, 6.45) is 0.575. The molecule has 1 amide bonds. The molecule has 0 unspecified atom stereocenters. The molecular formula is C24H25NO4. The van der Waals surface area contributed by atoms with Gasteiger partial charge in [-0.3, -0.25) is 4.79 Å². The SMILES string of the molecule is COc1ccc(CNC(=O)c2cccc(-c3ccccc3CCO)c2)cc1OC. The highest BCUT2D eigenvalue weighted by Gasteiger charge is 2.10.